The first-order chi connectivity index (χ1) is 5.88. The summed E-state index contributed by atoms with van der Waals surface area (Å²) in [6.07, 6.45) is 3.57. The van der Waals surface area contributed by atoms with E-state index in [0.29, 0.717) is 0 Å². The van der Waals surface area contributed by atoms with E-state index in [4.69, 9.17) is 4.42 Å². The molecule has 0 atom stereocenters. The summed E-state index contributed by atoms with van der Waals surface area (Å²) >= 11 is 0. The van der Waals surface area contributed by atoms with Gasteiger partial charge in [-0.3, -0.25) is 0 Å². The zero-order valence-electron chi connectivity index (χ0n) is 7.27. The van der Waals surface area contributed by atoms with Crippen molar-refractivity contribution in [2.45, 2.75) is 0 Å². The average Bonchev–Trinajstić information content (AvgIpc) is 2.53. The van der Waals surface area contributed by atoms with Crippen molar-refractivity contribution >= 4 is 0 Å². The van der Waals surface area contributed by atoms with Crippen molar-refractivity contribution in [3.63, 3.8) is 0 Å². The lowest BCUT2D eigenvalue weighted by atomic mass is 10.2. The van der Waals surface area contributed by atoms with E-state index in [1.165, 1.54) is 0 Å². The van der Waals surface area contributed by atoms with Crippen LogP contribution in [0, 0.1) is 0 Å². The zero-order valence-corrected chi connectivity index (χ0v) is 9.43. The van der Waals surface area contributed by atoms with E-state index < -0.39 is 0 Å². The van der Waals surface area contributed by atoms with Gasteiger partial charge in [-0.25, -0.2) is 0 Å². The summed E-state index contributed by atoms with van der Waals surface area (Å²) in [6.45, 7) is 0. The number of hydrogen-bond donors (Lipinski definition) is 0. The minimum Gasteiger partial charge on any atom is -1.00 e. The summed E-state index contributed by atoms with van der Waals surface area (Å²) in [4.78, 5) is 0. The zero-order chi connectivity index (χ0) is 8.39. The fraction of sp³-hybridized carbons (Fsp3) is 0.100. The molecule has 1 heterocycles. The van der Waals surface area contributed by atoms with Gasteiger partial charge in [0.2, 0.25) is 6.20 Å². The van der Waals surface area contributed by atoms with E-state index in [1.54, 1.807) is 6.26 Å². The molecular weight excluding hydrogens is 277 g/mol. The highest BCUT2D eigenvalue weighted by Gasteiger charge is 2.11. The van der Waals surface area contributed by atoms with Crippen LogP contribution in [0.4, 0.5) is 0 Å². The van der Waals surface area contributed by atoms with Crippen molar-refractivity contribution < 1.29 is 33.0 Å². The second-order valence-corrected chi connectivity index (χ2v) is 2.69. The molecule has 0 radical (unpaired) electrons. The summed E-state index contributed by atoms with van der Waals surface area (Å²) in [5, 5.41) is 0. The van der Waals surface area contributed by atoms with E-state index in [1.807, 2.05) is 48.1 Å². The van der Waals surface area contributed by atoms with Gasteiger partial charge in [0.25, 0.3) is 0 Å². The molecule has 2 rings (SSSR count). The number of aryl methyl sites for hydroxylation is 1. The summed E-state index contributed by atoms with van der Waals surface area (Å²) in [5.41, 5.74) is 1.10. The Bertz CT molecular complexity index is 369. The largest absolute Gasteiger partial charge is 1.00 e. The minimum absolute atomic E-state index is 0. The van der Waals surface area contributed by atoms with Gasteiger partial charge in [0.15, 0.2) is 6.26 Å². The number of aromatic nitrogens is 1. The molecule has 0 saturated carbocycles. The average molecular weight is 287 g/mol. The third kappa shape index (κ3) is 2.09. The van der Waals surface area contributed by atoms with E-state index >= 15 is 0 Å². The van der Waals surface area contributed by atoms with Crippen molar-refractivity contribution in [1.82, 2.24) is 0 Å². The van der Waals surface area contributed by atoms with Crippen LogP contribution in [0.1, 0.15) is 0 Å². The maximum absolute atomic E-state index is 5.31. The van der Waals surface area contributed by atoms with E-state index in [-0.39, 0.29) is 24.0 Å². The number of benzene rings is 1. The number of oxazole rings is 1. The Morgan fingerprint density at radius 2 is 1.85 bits per heavy atom. The summed E-state index contributed by atoms with van der Waals surface area (Å²) in [5.74, 6) is 0.885. The van der Waals surface area contributed by atoms with Gasteiger partial charge in [0, 0.05) is 0 Å². The SMILES string of the molecule is C[n+]1ccoc1-c1ccccc1.[I-]. The predicted molar refractivity (Wildman–Crippen MR) is 45.3 cm³/mol. The lowest BCUT2D eigenvalue weighted by Gasteiger charge is -1.90. The first kappa shape index (κ1) is 10.2. The van der Waals surface area contributed by atoms with Crippen LogP contribution < -0.4 is 28.5 Å². The molecule has 0 saturated heterocycles. The fourth-order valence-electron chi connectivity index (χ4n) is 1.19. The standard InChI is InChI=1S/C10H10NO.HI/c1-11-7-8-12-10(11)9-5-3-2-4-6-9;/h2-8H,1H3;1H/q+1;/p-1. The molecule has 0 fully saturated rings. The van der Waals surface area contributed by atoms with Crippen LogP contribution in [-0.2, 0) is 7.05 Å². The molecule has 0 aliphatic carbocycles. The predicted octanol–water partition coefficient (Wildman–Crippen LogP) is -1.22. The molecule has 0 amide bonds. The summed E-state index contributed by atoms with van der Waals surface area (Å²) in [7, 11) is 1.96. The van der Waals surface area contributed by atoms with Crippen molar-refractivity contribution in [1.29, 1.82) is 0 Å². The molecule has 68 valence electrons. The molecule has 0 bridgehead atoms. The van der Waals surface area contributed by atoms with Crippen molar-refractivity contribution in [3.8, 4) is 11.5 Å². The quantitative estimate of drug-likeness (QED) is 0.474. The van der Waals surface area contributed by atoms with Crippen molar-refractivity contribution in [3.05, 3.63) is 42.8 Å². The van der Waals surface area contributed by atoms with Gasteiger partial charge >= 0.3 is 5.89 Å². The van der Waals surface area contributed by atoms with E-state index in [9.17, 15) is 0 Å². The number of rotatable bonds is 1. The van der Waals surface area contributed by atoms with Crippen LogP contribution in [0.25, 0.3) is 11.5 Å². The molecule has 0 N–H and O–H groups in total. The van der Waals surface area contributed by atoms with Crippen LogP contribution in [0.15, 0.2) is 47.2 Å². The third-order valence-electron chi connectivity index (χ3n) is 1.81. The lowest BCUT2D eigenvalue weighted by molar-refractivity contribution is -0.662. The smallest absolute Gasteiger partial charge is 0.380 e. The first-order valence-electron chi connectivity index (χ1n) is 3.86. The maximum Gasteiger partial charge on any atom is 0.380 e. The topological polar surface area (TPSA) is 17.0 Å². The number of nitrogens with zero attached hydrogens (tertiary/aromatic N) is 1. The summed E-state index contributed by atoms with van der Waals surface area (Å²) < 4.78 is 7.27. The molecule has 0 spiro atoms. The molecule has 2 aromatic rings. The Morgan fingerprint density at radius 1 is 1.15 bits per heavy atom. The molecule has 0 aliphatic heterocycles. The highest BCUT2D eigenvalue weighted by molar-refractivity contribution is 5.49. The molecule has 2 nitrogen and oxygen atoms in total. The van der Waals surface area contributed by atoms with Crippen molar-refractivity contribution in [2.75, 3.05) is 0 Å². The van der Waals surface area contributed by atoms with E-state index in [2.05, 4.69) is 0 Å². The van der Waals surface area contributed by atoms with Gasteiger partial charge in [-0.05, 0) is 12.1 Å². The van der Waals surface area contributed by atoms with Gasteiger partial charge in [-0.1, -0.05) is 18.2 Å². The van der Waals surface area contributed by atoms with Gasteiger partial charge in [-0.15, -0.1) is 0 Å². The molecule has 3 heteroatoms. The highest BCUT2D eigenvalue weighted by atomic mass is 127. The lowest BCUT2D eigenvalue weighted by Crippen LogP contribution is -3.00. The monoisotopic (exact) mass is 287 g/mol. The number of hydrogen-bond acceptors (Lipinski definition) is 1. The van der Waals surface area contributed by atoms with Crippen LogP contribution in [0.5, 0.6) is 0 Å². The van der Waals surface area contributed by atoms with Gasteiger partial charge in [-0.2, -0.15) is 4.57 Å². The molecular formula is C10H10INO. The summed E-state index contributed by atoms with van der Waals surface area (Å²) in [6, 6.07) is 10.0. The highest BCUT2D eigenvalue weighted by Crippen LogP contribution is 2.13. The first-order valence-corrected chi connectivity index (χ1v) is 3.86. The second kappa shape index (κ2) is 4.41. The Labute approximate surface area is 94.2 Å². The Balaban J connectivity index is 0.000000845. The normalized spacial score (nSPS) is 9.31. The second-order valence-electron chi connectivity index (χ2n) is 2.69. The number of halogens is 1. The van der Waals surface area contributed by atoms with Crippen LogP contribution in [-0.4, -0.2) is 0 Å². The molecule has 13 heavy (non-hydrogen) atoms. The third-order valence-corrected chi connectivity index (χ3v) is 1.81. The van der Waals surface area contributed by atoms with E-state index in [0.717, 1.165) is 11.5 Å². The molecule has 1 aromatic heterocycles. The fourth-order valence-corrected chi connectivity index (χ4v) is 1.19. The molecule has 0 unspecified atom stereocenters. The Hall–Kier alpha value is -0.840. The maximum atomic E-state index is 5.31. The molecule has 0 aliphatic rings. The van der Waals surface area contributed by atoms with Crippen LogP contribution in [0.3, 0.4) is 0 Å². The Kier molecular flexibility index (Phi) is 3.48. The van der Waals surface area contributed by atoms with Crippen LogP contribution in [0.2, 0.25) is 0 Å². The van der Waals surface area contributed by atoms with Crippen LogP contribution >= 0.6 is 0 Å². The Morgan fingerprint density at radius 3 is 2.38 bits per heavy atom. The molecule has 1 aromatic carbocycles. The van der Waals surface area contributed by atoms with Gasteiger partial charge in [0.1, 0.15) is 7.05 Å². The minimum atomic E-state index is 0. The van der Waals surface area contributed by atoms with Gasteiger partial charge in [0.05, 0.1) is 5.56 Å². The van der Waals surface area contributed by atoms with Crippen molar-refractivity contribution in [2.24, 2.45) is 7.05 Å². The van der Waals surface area contributed by atoms with Gasteiger partial charge < -0.3 is 28.4 Å².